The Morgan fingerprint density at radius 1 is 1.12 bits per heavy atom. The molecule has 164 valence electrons. The van der Waals surface area contributed by atoms with Crippen molar-refractivity contribution < 1.29 is 4.79 Å². The highest BCUT2D eigenvalue weighted by Gasteiger charge is 2.29. The van der Waals surface area contributed by atoms with Gasteiger partial charge in [-0.3, -0.25) is 9.79 Å². The molecule has 1 aromatic heterocycles. The third kappa shape index (κ3) is 5.22. The van der Waals surface area contributed by atoms with Gasteiger partial charge in [-0.25, -0.2) is 4.98 Å². The van der Waals surface area contributed by atoms with E-state index in [9.17, 15) is 4.79 Å². The summed E-state index contributed by atoms with van der Waals surface area (Å²) < 4.78 is 0. The molecule has 1 fully saturated rings. The van der Waals surface area contributed by atoms with Crippen molar-refractivity contribution in [2.45, 2.75) is 37.0 Å². The zero-order chi connectivity index (χ0) is 22.5. The van der Waals surface area contributed by atoms with Gasteiger partial charge in [0.05, 0.1) is 10.7 Å². The maximum Gasteiger partial charge on any atom is 0.240 e. The lowest BCUT2D eigenvalue weighted by molar-refractivity contribution is -0.129. The Morgan fingerprint density at radius 3 is 2.56 bits per heavy atom. The zero-order valence-corrected chi connectivity index (χ0v) is 19.9. The molecule has 0 radical (unpaired) electrons. The van der Waals surface area contributed by atoms with E-state index in [1.165, 1.54) is 11.8 Å². The number of thioether (sulfide) groups is 1. The first-order valence-corrected chi connectivity index (χ1v) is 12.1. The molecule has 2 heterocycles. The number of benzene rings is 2. The SMILES string of the molecule is CC=Nc1cc(Cl)cc(-c2cnc(SC(C(=O)N3CCCC3)c3ccccc3)c(C)c2)c1. The van der Waals surface area contributed by atoms with E-state index in [2.05, 4.69) is 11.1 Å². The van der Waals surface area contributed by atoms with Crippen LogP contribution in [0, 0.1) is 6.92 Å². The fourth-order valence-electron chi connectivity index (χ4n) is 3.91. The van der Waals surface area contributed by atoms with Crippen molar-refractivity contribution in [3.8, 4) is 11.1 Å². The highest BCUT2D eigenvalue weighted by Crippen LogP contribution is 2.39. The number of nitrogens with zero attached hydrogens (tertiary/aromatic N) is 3. The molecule has 4 rings (SSSR count). The number of aromatic nitrogens is 1. The molecule has 1 saturated heterocycles. The number of amides is 1. The quantitative estimate of drug-likeness (QED) is 0.295. The molecule has 4 nitrogen and oxygen atoms in total. The molecule has 0 spiro atoms. The number of pyridine rings is 1. The standard InChI is InChI=1S/C26H26ClN3OS/c1-3-28-23-15-20(14-22(27)16-23)21-13-18(2)25(29-17-21)32-24(19-9-5-4-6-10-19)26(31)30-11-7-8-12-30/h3-6,9-10,13-17,24H,7-8,11-12H2,1-2H3. The third-order valence-electron chi connectivity index (χ3n) is 5.50. The van der Waals surface area contributed by atoms with Gasteiger partial charge >= 0.3 is 0 Å². The number of carbonyl (C=O) groups excluding carboxylic acids is 1. The Hall–Kier alpha value is -2.63. The lowest BCUT2D eigenvalue weighted by Gasteiger charge is -2.23. The van der Waals surface area contributed by atoms with Crippen molar-refractivity contribution in [1.82, 2.24) is 9.88 Å². The van der Waals surface area contributed by atoms with Gasteiger partial charge in [0.25, 0.3) is 0 Å². The zero-order valence-electron chi connectivity index (χ0n) is 18.3. The van der Waals surface area contributed by atoms with Gasteiger partial charge < -0.3 is 4.90 Å². The monoisotopic (exact) mass is 463 g/mol. The number of hydrogen-bond acceptors (Lipinski definition) is 4. The Balaban J connectivity index is 1.63. The van der Waals surface area contributed by atoms with Crippen LogP contribution in [0.25, 0.3) is 11.1 Å². The minimum atomic E-state index is -0.303. The molecular weight excluding hydrogens is 438 g/mol. The van der Waals surface area contributed by atoms with Gasteiger partial charge in [0.15, 0.2) is 0 Å². The van der Waals surface area contributed by atoms with Gasteiger partial charge in [-0.2, -0.15) is 0 Å². The summed E-state index contributed by atoms with van der Waals surface area (Å²) in [4.78, 5) is 24.4. The van der Waals surface area contributed by atoms with Crippen LogP contribution in [-0.4, -0.2) is 35.1 Å². The number of rotatable bonds is 6. The van der Waals surface area contributed by atoms with Crippen LogP contribution in [0.3, 0.4) is 0 Å². The van der Waals surface area contributed by atoms with Gasteiger partial charge in [0, 0.05) is 36.1 Å². The van der Waals surface area contributed by atoms with Crippen molar-refractivity contribution in [2.75, 3.05) is 13.1 Å². The van der Waals surface area contributed by atoms with Crippen LogP contribution in [0.1, 0.15) is 36.1 Å². The average molecular weight is 464 g/mol. The van der Waals surface area contributed by atoms with Crippen LogP contribution in [-0.2, 0) is 4.79 Å². The van der Waals surface area contributed by atoms with Gasteiger partial charge in [0.1, 0.15) is 5.25 Å². The second-order valence-corrected chi connectivity index (χ2v) is 9.40. The number of hydrogen-bond donors (Lipinski definition) is 0. The van der Waals surface area contributed by atoms with E-state index in [0.29, 0.717) is 5.02 Å². The molecule has 3 aromatic rings. The fourth-order valence-corrected chi connectivity index (χ4v) is 5.27. The molecule has 0 N–H and O–H groups in total. The Bertz CT molecular complexity index is 1130. The summed E-state index contributed by atoms with van der Waals surface area (Å²) in [6, 6.07) is 17.9. The number of carbonyl (C=O) groups is 1. The molecule has 1 amide bonds. The topological polar surface area (TPSA) is 45.6 Å². The van der Waals surface area contributed by atoms with Crippen molar-refractivity contribution in [3.63, 3.8) is 0 Å². The lowest BCUT2D eigenvalue weighted by atomic mass is 10.1. The van der Waals surface area contributed by atoms with Gasteiger partial charge in [0.2, 0.25) is 5.91 Å². The second kappa shape index (κ2) is 10.3. The Kier molecular flexibility index (Phi) is 7.28. The number of aliphatic imine (C=N–C) groups is 1. The van der Waals surface area contributed by atoms with E-state index >= 15 is 0 Å². The summed E-state index contributed by atoms with van der Waals surface area (Å²) in [5, 5.41) is 1.20. The molecule has 1 aliphatic rings. The molecule has 0 aliphatic carbocycles. The highest BCUT2D eigenvalue weighted by molar-refractivity contribution is 8.00. The molecule has 0 saturated carbocycles. The number of halogens is 1. The van der Waals surface area contributed by atoms with Crippen LogP contribution in [0.2, 0.25) is 5.02 Å². The van der Waals surface area contributed by atoms with E-state index in [-0.39, 0.29) is 11.2 Å². The van der Waals surface area contributed by atoms with Gasteiger partial charge in [-0.1, -0.05) is 53.7 Å². The smallest absolute Gasteiger partial charge is 0.240 e. The van der Waals surface area contributed by atoms with Crippen molar-refractivity contribution in [2.24, 2.45) is 4.99 Å². The molecule has 32 heavy (non-hydrogen) atoms. The predicted molar refractivity (Wildman–Crippen MR) is 134 cm³/mol. The maximum atomic E-state index is 13.3. The normalized spacial score (nSPS) is 14.8. The van der Waals surface area contributed by atoms with Crippen LogP contribution < -0.4 is 0 Å². The summed E-state index contributed by atoms with van der Waals surface area (Å²) in [6.07, 6.45) is 5.75. The Labute approximate surface area is 198 Å². The summed E-state index contributed by atoms with van der Waals surface area (Å²) in [7, 11) is 0. The minimum Gasteiger partial charge on any atom is -0.341 e. The average Bonchev–Trinajstić information content (AvgIpc) is 3.33. The van der Waals surface area contributed by atoms with Crippen molar-refractivity contribution in [1.29, 1.82) is 0 Å². The first-order valence-electron chi connectivity index (χ1n) is 10.8. The van der Waals surface area contributed by atoms with Gasteiger partial charge in [-0.05, 0) is 67.6 Å². The molecule has 1 atom stereocenters. The van der Waals surface area contributed by atoms with Crippen LogP contribution in [0.15, 0.2) is 70.8 Å². The van der Waals surface area contributed by atoms with Gasteiger partial charge in [-0.15, -0.1) is 0 Å². The molecule has 0 bridgehead atoms. The molecule has 1 unspecified atom stereocenters. The number of aryl methyl sites for hydroxylation is 1. The van der Waals surface area contributed by atoms with Crippen molar-refractivity contribution in [3.05, 3.63) is 76.9 Å². The van der Waals surface area contributed by atoms with E-state index in [1.54, 1.807) is 6.21 Å². The second-order valence-electron chi connectivity index (χ2n) is 7.87. The van der Waals surface area contributed by atoms with Crippen LogP contribution in [0.5, 0.6) is 0 Å². The lowest BCUT2D eigenvalue weighted by Crippen LogP contribution is -2.31. The first-order chi connectivity index (χ1) is 15.5. The summed E-state index contributed by atoms with van der Waals surface area (Å²) in [5.41, 5.74) is 4.80. The van der Waals surface area contributed by atoms with E-state index in [1.807, 2.05) is 73.5 Å². The molecule has 2 aromatic carbocycles. The summed E-state index contributed by atoms with van der Waals surface area (Å²) in [5.74, 6) is 0.167. The third-order valence-corrected chi connectivity index (χ3v) is 7.08. The van der Waals surface area contributed by atoms with Crippen molar-refractivity contribution >= 4 is 41.2 Å². The van der Waals surface area contributed by atoms with E-state index in [0.717, 1.165) is 58.9 Å². The largest absolute Gasteiger partial charge is 0.341 e. The van der Waals surface area contributed by atoms with Crippen LogP contribution in [0.4, 0.5) is 5.69 Å². The van der Waals surface area contributed by atoms with Crippen LogP contribution >= 0.6 is 23.4 Å². The summed E-state index contributed by atoms with van der Waals surface area (Å²) in [6.45, 7) is 5.60. The highest BCUT2D eigenvalue weighted by atomic mass is 35.5. The molecule has 6 heteroatoms. The Morgan fingerprint density at radius 2 is 1.88 bits per heavy atom. The first kappa shape index (κ1) is 22.6. The summed E-state index contributed by atoms with van der Waals surface area (Å²) >= 11 is 7.83. The molecular formula is C26H26ClN3OS. The maximum absolute atomic E-state index is 13.3. The minimum absolute atomic E-state index is 0.167. The van der Waals surface area contributed by atoms with E-state index in [4.69, 9.17) is 16.6 Å². The molecule has 1 aliphatic heterocycles. The predicted octanol–water partition coefficient (Wildman–Crippen LogP) is 6.89. The number of likely N-dealkylation sites (tertiary alicyclic amines) is 1. The van der Waals surface area contributed by atoms with E-state index < -0.39 is 0 Å². The fraction of sp³-hybridized carbons (Fsp3) is 0.269.